The van der Waals surface area contributed by atoms with Gasteiger partial charge in [0, 0.05) is 43.3 Å². The van der Waals surface area contributed by atoms with Crippen molar-refractivity contribution in [3.8, 4) is 0 Å². The third kappa shape index (κ3) is 3.90. The summed E-state index contributed by atoms with van der Waals surface area (Å²) in [5.41, 5.74) is 2.86. The van der Waals surface area contributed by atoms with E-state index in [1.54, 1.807) is 0 Å². The molecule has 1 unspecified atom stereocenters. The first kappa shape index (κ1) is 19.3. The van der Waals surface area contributed by atoms with Crippen LogP contribution in [-0.2, 0) is 11.8 Å². The molecule has 0 bridgehead atoms. The number of aromatic nitrogens is 1. The molecule has 1 atom stereocenters. The second-order valence-corrected chi connectivity index (χ2v) is 8.29. The van der Waals surface area contributed by atoms with Gasteiger partial charge in [-0.1, -0.05) is 18.2 Å². The summed E-state index contributed by atoms with van der Waals surface area (Å²) >= 11 is 0. The predicted molar refractivity (Wildman–Crippen MR) is 113 cm³/mol. The summed E-state index contributed by atoms with van der Waals surface area (Å²) in [6.45, 7) is 6.33. The minimum absolute atomic E-state index is 0.146. The van der Waals surface area contributed by atoms with Crippen LogP contribution in [0.3, 0.4) is 0 Å². The molecule has 2 saturated heterocycles. The monoisotopic (exact) mass is 383 g/mol. The molecule has 0 N–H and O–H groups in total. The molecule has 2 fully saturated rings. The van der Waals surface area contributed by atoms with Crippen molar-refractivity contribution < 1.29 is 9.53 Å². The van der Waals surface area contributed by atoms with Crippen molar-refractivity contribution in [2.45, 2.75) is 51.0 Å². The Bertz CT molecular complexity index is 807. The van der Waals surface area contributed by atoms with E-state index in [0.29, 0.717) is 18.6 Å². The number of benzene rings is 1. The molecular formula is C23H33N3O2. The van der Waals surface area contributed by atoms with Crippen LogP contribution in [0.2, 0.25) is 0 Å². The topological polar surface area (TPSA) is 37.7 Å². The van der Waals surface area contributed by atoms with Gasteiger partial charge in [-0.3, -0.25) is 0 Å². The lowest BCUT2D eigenvalue weighted by Crippen LogP contribution is -2.47. The number of carbonyl (C=O) groups excluding carboxylic acids is 1. The largest absolute Gasteiger partial charge is 0.450 e. The molecule has 0 radical (unpaired) electrons. The normalized spacial score (nSPS) is 22.4. The highest BCUT2D eigenvalue weighted by atomic mass is 16.6. The maximum Gasteiger partial charge on any atom is 0.409 e. The van der Waals surface area contributed by atoms with Crippen LogP contribution in [0.5, 0.6) is 0 Å². The van der Waals surface area contributed by atoms with Gasteiger partial charge < -0.3 is 19.1 Å². The number of ether oxygens (including phenoxy) is 1. The molecule has 2 aliphatic rings. The molecule has 3 heterocycles. The number of carbonyl (C=O) groups is 1. The maximum absolute atomic E-state index is 11.9. The molecule has 4 rings (SSSR count). The van der Waals surface area contributed by atoms with Gasteiger partial charge in [-0.25, -0.2) is 4.79 Å². The van der Waals surface area contributed by atoms with Crippen molar-refractivity contribution in [3.05, 3.63) is 36.0 Å². The molecule has 5 heteroatoms. The highest BCUT2D eigenvalue weighted by Gasteiger charge is 2.29. The van der Waals surface area contributed by atoms with Crippen LogP contribution in [0.1, 0.15) is 50.5 Å². The number of likely N-dealkylation sites (tertiary alicyclic amines) is 2. The summed E-state index contributed by atoms with van der Waals surface area (Å²) in [6.07, 6.45) is 8.09. The molecule has 0 saturated carbocycles. The second kappa shape index (κ2) is 8.56. The number of hydrogen-bond acceptors (Lipinski definition) is 3. The Balaban J connectivity index is 1.37. The average molecular weight is 384 g/mol. The highest BCUT2D eigenvalue weighted by Crippen LogP contribution is 2.35. The Morgan fingerprint density at radius 3 is 2.64 bits per heavy atom. The lowest BCUT2D eigenvalue weighted by molar-refractivity contribution is 0.0755. The molecule has 1 aromatic carbocycles. The number of rotatable bonds is 3. The van der Waals surface area contributed by atoms with Crippen molar-refractivity contribution in [3.63, 3.8) is 0 Å². The van der Waals surface area contributed by atoms with Crippen LogP contribution in [-0.4, -0.2) is 59.3 Å². The van der Waals surface area contributed by atoms with Gasteiger partial charge in [0.2, 0.25) is 0 Å². The van der Waals surface area contributed by atoms with E-state index in [0.717, 1.165) is 32.5 Å². The summed E-state index contributed by atoms with van der Waals surface area (Å²) < 4.78 is 7.43. The summed E-state index contributed by atoms with van der Waals surface area (Å²) in [5.74, 6) is 0.649. The predicted octanol–water partition coefficient (Wildman–Crippen LogP) is 4.37. The number of fused-ring (bicyclic) bond motifs is 1. The molecule has 152 valence electrons. The number of para-hydroxylation sites is 1. The third-order valence-corrected chi connectivity index (χ3v) is 6.64. The Hall–Kier alpha value is -2.01. The smallest absolute Gasteiger partial charge is 0.409 e. The number of hydrogen-bond donors (Lipinski definition) is 0. The van der Waals surface area contributed by atoms with Crippen molar-refractivity contribution in [2.75, 3.05) is 32.8 Å². The van der Waals surface area contributed by atoms with E-state index in [-0.39, 0.29) is 6.09 Å². The Labute approximate surface area is 168 Å². The fourth-order valence-electron chi connectivity index (χ4n) is 5.12. The summed E-state index contributed by atoms with van der Waals surface area (Å²) in [7, 11) is 2.16. The van der Waals surface area contributed by atoms with Gasteiger partial charge in [0.25, 0.3) is 0 Å². The number of aryl methyl sites for hydroxylation is 1. The molecule has 1 amide bonds. The van der Waals surface area contributed by atoms with Crippen molar-refractivity contribution in [2.24, 2.45) is 7.05 Å². The first-order valence-corrected chi connectivity index (χ1v) is 10.9. The van der Waals surface area contributed by atoms with Crippen LogP contribution in [0, 0.1) is 0 Å². The average Bonchev–Trinajstić information content (AvgIpc) is 2.90. The van der Waals surface area contributed by atoms with Crippen LogP contribution in [0.25, 0.3) is 10.9 Å². The first-order valence-electron chi connectivity index (χ1n) is 10.9. The number of piperidine rings is 1. The van der Waals surface area contributed by atoms with Crippen LogP contribution < -0.4 is 0 Å². The number of amides is 1. The summed E-state index contributed by atoms with van der Waals surface area (Å²) in [6, 6.07) is 9.39. The molecule has 0 aliphatic carbocycles. The van der Waals surface area contributed by atoms with E-state index in [4.69, 9.17) is 4.74 Å². The zero-order valence-electron chi connectivity index (χ0n) is 17.3. The van der Waals surface area contributed by atoms with Gasteiger partial charge in [-0.15, -0.1) is 0 Å². The fourth-order valence-corrected chi connectivity index (χ4v) is 5.12. The van der Waals surface area contributed by atoms with Crippen molar-refractivity contribution >= 4 is 17.0 Å². The van der Waals surface area contributed by atoms with Crippen LogP contribution in [0.4, 0.5) is 4.79 Å². The SMILES string of the molecule is CCOC(=O)N1CCC(N2CCCC(c3cn(C)c4ccccc34)CC2)CC1. The lowest BCUT2D eigenvalue weighted by atomic mass is 9.92. The Kier molecular flexibility index (Phi) is 5.90. The number of nitrogens with zero attached hydrogens (tertiary/aromatic N) is 3. The molecule has 1 aromatic heterocycles. The fraction of sp³-hybridized carbons (Fsp3) is 0.609. The molecule has 0 spiro atoms. The Morgan fingerprint density at radius 2 is 1.86 bits per heavy atom. The van der Waals surface area contributed by atoms with Crippen molar-refractivity contribution in [1.29, 1.82) is 0 Å². The first-order chi connectivity index (χ1) is 13.7. The molecule has 2 aliphatic heterocycles. The van der Waals surface area contributed by atoms with E-state index >= 15 is 0 Å². The zero-order valence-corrected chi connectivity index (χ0v) is 17.3. The second-order valence-electron chi connectivity index (χ2n) is 8.29. The van der Waals surface area contributed by atoms with Gasteiger partial charge in [0.15, 0.2) is 0 Å². The molecule has 28 heavy (non-hydrogen) atoms. The highest BCUT2D eigenvalue weighted by molar-refractivity contribution is 5.84. The van der Waals surface area contributed by atoms with Gasteiger partial charge in [0.05, 0.1) is 6.61 Å². The van der Waals surface area contributed by atoms with Crippen LogP contribution >= 0.6 is 0 Å². The van der Waals surface area contributed by atoms with Gasteiger partial charge in [0.1, 0.15) is 0 Å². The van der Waals surface area contributed by atoms with Crippen molar-refractivity contribution in [1.82, 2.24) is 14.4 Å². The quantitative estimate of drug-likeness (QED) is 0.790. The van der Waals surface area contributed by atoms with Crippen LogP contribution in [0.15, 0.2) is 30.5 Å². The lowest BCUT2D eigenvalue weighted by Gasteiger charge is -2.37. The van der Waals surface area contributed by atoms with Gasteiger partial charge >= 0.3 is 6.09 Å². The standard InChI is InChI=1S/C23H33N3O2/c1-3-28-23(27)26-15-11-19(12-16-26)25-13-6-7-18(10-14-25)21-17-24(2)22-9-5-4-8-20(21)22/h4-5,8-9,17-19H,3,6-7,10-16H2,1-2H3. The van der Waals surface area contributed by atoms with Gasteiger partial charge in [-0.2, -0.15) is 0 Å². The minimum atomic E-state index is -0.146. The Morgan fingerprint density at radius 1 is 1.07 bits per heavy atom. The molecule has 5 nitrogen and oxygen atoms in total. The minimum Gasteiger partial charge on any atom is -0.450 e. The molecule has 2 aromatic rings. The zero-order chi connectivity index (χ0) is 19.5. The van der Waals surface area contributed by atoms with E-state index in [2.05, 4.69) is 47.0 Å². The maximum atomic E-state index is 11.9. The van der Waals surface area contributed by atoms with E-state index in [9.17, 15) is 4.79 Å². The summed E-state index contributed by atoms with van der Waals surface area (Å²) in [4.78, 5) is 16.5. The van der Waals surface area contributed by atoms with E-state index in [1.807, 2.05) is 11.8 Å². The third-order valence-electron chi connectivity index (χ3n) is 6.64. The van der Waals surface area contributed by atoms with E-state index in [1.165, 1.54) is 42.3 Å². The van der Waals surface area contributed by atoms with E-state index < -0.39 is 0 Å². The molecular weight excluding hydrogens is 350 g/mol. The van der Waals surface area contributed by atoms with Gasteiger partial charge in [-0.05, 0) is 69.7 Å². The summed E-state index contributed by atoms with van der Waals surface area (Å²) in [5, 5.41) is 1.42.